The van der Waals surface area contributed by atoms with Gasteiger partial charge in [-0.05, 0) is 44.7 Å². The molecule has 0 unspecified atom stereocenters. The average Bonchev–Trinajstić information content (AvgIpc) is 3.28. The van der Waals surface area contributed by atoms with Crippen molar-refractivity contribution in [1.82, 2.24) is 24.1 Å². The molecule has 0 bridgehead atoms. The van der Waals surface area contributed by atoms with Gasteiger partial charge in [-0.25, -0.2) is 18.1 Å². The van der Waals surface area contributed by atoms with Crippen molar-refractivity contribution >= 4 is 21.1 Å². The Balaban J connectivity index is 1.55. The third-order valence-electron chi connectivity index (χ3n) is 7.41. The molecule has 0 atom stereocenters. The summed E-state index contributed by atoms with van der Waals surface area (Å²) < 4.78 is 35.1. The fourth-order valence-electron chi connectivity index (χ4n) is 5.38. The lowest BCUT2D eigenvalue weighted by atomic mass is 9.86. The smallest absolute Gasteiger partial charge is 0.262 e. The van der Waals surface area contributed by atoms with Crippen LogP contribution in [-0.2, 0) is 16.6 Å². The van der Waals surface area contributed by atoms with Crippen LogP contribution in [-0.4, -0.2) is 63.9 Å². The Morgan fingerprint density at radius 3 is 2.53 bits per heavy atom. The van der Waals surface area contributed by atoms with Gasteiger partial charge in [-0.1, -0.05) is 19.3 Å². The molecule has 1 aliphatic carbocycles. The summed E-state index contributed by atoms with van der Waals surface area (Å²) in [4.78, 5) is 21.1. The van der Waals surface area contributed by atoms with E-state index in [1.165, 1.54) is 30.0 Å². The van der Waals surface area contributed by atoms with E-state index in [1.807, 2.05) is 6.92 Å². The lowest BCUT2D eigenvalue weighted by molar-refractivity contribution is 0.113. The van der Waals surface area contributed by atoms with E-state index < -0.39 is 16.1 Å². The van der Waals surface area contributed by atoms with E-state index in [-0.39, 0.29) is 29.5 Å². The quantitative estimate of drug-likeness (QED) is 0.516. The van der Waals surface area contributed by atoms with Gasteiger partial charge in [0.25, 0.3) is 5.56 Å². The van der Waals surface area contributed by atoms with Crippen molar-refractivity contribution in [3.63, 3.8) is 0 Å². The molecule has 2 fully saturated rings. The Morgan fingerprint density at radius 2 is 1.86 bits per heavy atom. The van der Waals surface area contributed by atoms with Crippen LogP contribution in [0.5, 0.6) is 5.75 Å². The molecule has 11 heteroatoms. The summed E-state index contributed by atoms with van der Waals surface area (Å²) in [6.07, 6.45) is 5.89. The van der Waals surface area contributed by atoms with Gasteiger partial charge in [-0.2, -0.15) is 9.40 Å². The molecule has 0 radical (unpaired) electrons. The second kappa shape index (κ2) is 9.95. The number of rotatable bonds is 6. The Kier molecular flexibility index (Phi) is 6.88. The van der Waals surface area contributed by atoms with Gasteiger partial charge < -0.3 is 14.8 Å². The number of piperidine rings is 1. The summed E-state index contributed by atoms with van der Waals surface area (Å²) in [5, 5.41) is 15.0. The van der Waals surface area contributed by atoms with Gasteiger partial charge in [0.1, 0.15) is 17.0 Å². The number of hydrogen-bond acceptors (Lipinski definition) is 7. The first-order valence-electron chi connectivity index (χ1n) is 12.7. The maximum absolute atomic E-state index is 13.3. The average molecular weight is 516 g/mol. The number of benzene rings is 1. The number of aliphatic hydroxyl groups is 1. The number of nitrogens with one attached hydrogen (secondary N) is 1. The van der Waals surface area contributed by atoms with Crippen molar-refractivity contribution < 1.29 is 18.3 Å². The molecular formula is C25H33N5O5S. The predicted octanol–water partition coefficient (Wildman–Crippen LogP) is 3.01. The van der Waals surface area contributed by atoms with Gasteiger partial charge in [0.2, 0.25) is 10.0 Å². The first kappa shape index (κ1) is 24.9. The maximum Gasteiger partial charge on any atom is 0.262 e. The van der Waals surface area contributed by atoms with Gasteiger partial charge in [-0.15, -0.1) is 0 Å². The number of nitrogens with zero attached hydrogens (tertiary/aromatic N) is 4. The number of sulfonamides is 1. The molecule has 36 heavy (non-hydrogen) atoms. The molecule has 10 nitrogen and oxygen atoms in total. The lowest BCUT2D eigenvalue weighted by Crippen LogP contribution is -2.39. The molecular weight excluding hydrogens is 482 g/mol. The van der Waals surface area contributed by atoms with Crippen LogP contribution < -0.4 is 10.3 Å². The van der Waals surface area contributed by atoms with Crippen LogP contribution >= 0.6 is 0 Å². The number of methoxy groups -OCH3 is 1. The van der Waals surface area contributed by atoms with Crippen LogP contribution in [0.2, 0.25) is 0 Å². The highest BCUT2D eigenvalue weighted by atomic mass is 32.2. The molecule has 1 saturated heterocycles. The number of H-pyrrole nitrogens is 1. The molecule has 3 aromatic rings. The summed E-state index contributed by atoms with van der Waals surface area (Å²) in [6.45, 7) is 3.09. The zero-order chi connectivity index (χ0) is 25.4. The highest BCUT2D eigenvalue weighted by Gasteiger charge is 2.30. The standard InChI is InChI=1S/C25H33N5O5S/c1-3-30-24-21(22(28-30)16-7-5-4-6-8-16)25(32)27-23(26-24)19-10-9-18(15-20(19)35-2)36(33,34)29-13-11-17(31)12-14-29/h9-10,15-17,31H,3-8,11-14H2,1-2H3,(H,26,27,32). The van der Waals surface area contributed by atoms with E-state index in [9.17, 15) is 18.3 Å². The van der Waals surface area contributed by atoms with Gasteiger partial charge in [0.15, 0.2) is 5.65 Å². The van der Waals surface area contributed by atoms with Crippen molar-refractivity contribution in [1.29, 1.82) is 0 Å². The molecule has 0 amide bonds. The highest BCUT2D eigenvalue weighted by molar-refractivity contribution is 7.89. The summed E-state index contributed by atoms with van der Waals surface area (Å²) in [7, 11) is -2.28. The Labute approximate surface area is 210 Å². The minimum atomic E-state index is -3.74. The van der Waals surface area contributed by atoms with Crippen LogP contribution in [0.15, 0.2) is 27.9 Å². The van der Waals surface area contributed by atoms with Crippen LogP contribution in [0, 0.1) is 0 Å². The van der Waals surface area contributed by atoms with Gasteiger partial charge in [0, 0.05) is 31.6 Å². The second-order valence-electron chi connectivity index (χ2n) is 9.65. The Bertz CT molecular complexity index is 1420. The molecule has 1 aliphatic heterocycles. The number of fused-ring (bicyclic) bond motifs is 1. The predicted molar refractivity (Wildman–Crippen MR) is 136 cm³/mol. The molecule has 194 valence electrons. The third-order valence-corrected chi connectivity index (χ3v) is 9.30. The lowest BCUT2D eigenvalue weighted by Gasteiger charge is -2.28. The van der Waals surface area contributed by atoms with E-state index in [2.05, 4.69) is 4.98 Å². The van der Waals surface area contributed by atoms with Crippen molar-refractivity contribution in [2.45, 2.75) is 75.3 Å². The normalized spacial score (nSPS) is 18.6. The number of aryl methyl sites for hydroxylation is 1. The van der Waals surface area contributed by atoms with E-state index in [4.69, 9.17) is 14.8 Å². The van der Waals surface area contributed by atoms with Crippen molar-refractivity contribution in [2.24, 2.45) is 0 Å². The van der Waals surface area contributed by atoms with Gasteiger partial charge >= 0.3 is 0 Å². The van der Waals surface area contributed by atoms with E-state index in [0.717, 1.165) is 31.4 Å². The molecule has 2 N–H and O–H groups in total. The van der Waals surface area contributed by atoms with Crippen LogP contribution in [0.1, 0.15) is 63.5 Å². The van der Waals surface area contributed by atoms with Crippen LogP contribution in [0.4, 0.5) is 0 Å². The minimum Gasteiger partial charge on any atom is -0.496 e. The van der Waals surface area contributed by atoms with Gasteiger partial charge in [0.05, 0.1) is 29.4 Å². The number of aromatic nitrogens is 4. The monoisotopic (exact) mass is 515 g/mol. The Hall–Kier alpha value is -2.76. The first-order chi connectivity index (χ1) is 17.3. The molecule has 2 aromatic heterocycles. The molecule has 5 rings (SSSR count). The van der Waals surface area contributed by atoms with Gasteiger partial charge in [-0.3, -0.25) is 4.79 Å². The van der Waals surface area contributed by atoms with Crippen molar-refractivity contribution in [3.8, 4) is 17.1 Å². The molecule has 0 spiro atoms. The molecule has 3 heterocycles. The SMILES string of the molecule is CCn1nc(C2CCCCC2)c2c(=O)[nH]c(-c3ccc(S(=O)(=O)N4CCC(O)CC4)cc3OC)nc21. The summed E-state index contributed by atoms with van der Waals surface area (Å²) >= 11 is 0. The van der Waals surface area contributed by atoms with Crippen molar-refractivity contribution in [3.05, 3.63) is 34.2 Å². The summed E-state index contributed by atoms with van der Waals surface area (Å²) in [5.41, 5.74) is 1.60. The number of aromatic amines is 1. The summed E-state index contributed by atoms with van der Waals surface area (Å²) in [5.74, 6) is 0.864. The highest BCUT2D eigenvalue weighted by Crippen LogP contribution is 2.36. The zero-order valence-electron chi connectivity index (χ0n) is 20.7. The number of ether oxygens (including phenoxy) is 1. The van der Waals surface area contributed by atoms with E-state index >= 15 is 0 Å². The van der Waals surface area contributed by atoms with E-state index in [0.29, 0.717) is 47.6 Å². The third kappa shape index (κ3) is 4.44. The zero-order valence-corrected chi connectivity index (χ0v) is 21.6. The van der Waals surface area contributed by atoms with E-state index in [1.54, 1.807) is 10.7 Å². The second-order valence-corrected chi connectivity index (χ2v) is 11.6. The number of hydrogen-bond donors (Lipinski definition) is 2. The fraction of sp³-hybridized carbons (Fsp3) is 0.560. The molecule has 1 saturated carbocycles. The number of aliphatic hydroxyl groups excluding tert-OH is 1. The van der Waals surface area contributed by atoms with Crippen LogP contribution in [0.25, 0.3) is 22.4 Å². The largest absolute Gasteiger partial charge is 0.496 e. The molecule has 1 aromatic carbocycles. The fourth-order valence-corrected chi connectivity index (χ4v) is 6.86. The first-order valence-corrected chi connectivity index (χ1v) is 14.1. The minimum absolute atomic E-state index is 0.0982. The Morgan fingerprint density at radius 1 is 1.14 bits per heavy atom. The topological polar surface area (TPSA) is 130 Å². The van der Waals surface area contributed by atoms with Crippen molar-refractivity contribution in [2.75, 3.05) is 20.2 Å². The summed E-state index contributed by atoms with van der Waals surface area (Å²) in [6, 6.07) is 4.58. The van der Waals surface area contributed by atoms with Crippen LogP contribution in [0.3, 0.4) is 0 Å². The molecule has 2 aliphatic rings. The maximum atomic E-state index is 13.3.